The van der Waals surface area contributed by atoms with Crippen molar-refractivity contribution in [2.75, 3.05) is 13.2 Å². The molecule has 114 valence electrons. The first-order valence-corrected chi connectivity index (χ1v) is 8.28. The first-order valence-electron chi connectivity index (χ1n) is 7.91. The van der Waals surface area contributed by atoms with Gasteiger partial charge in [-0.05, 0) is 30.5 Å². The van der Waals surface area contributed by atoms with Crippen molar-refractivity contribution in [3.63, 3.8) is 0 Å². The van der Waals surface area contributed by atoms with Crippen molar-refractivity contribution in [3.05, 3.63) is 35.0 Å². The number of hydrogen-bond donors (Lipinski definition) is 2. The van der Waals surface area contributed by atoms with E-state index in [0.29, 0.717) is 6.10 Å². The summed E-state index contributed by atoms with van der Waals surface area (Å²) in [5.41, 5.74) is 2.37. The van der Waals surface area contributed by atoms with Crippen LogP contribution >= 0.6 is 11.6 Å². The van der Waals surface area contributed by atoms with E-state index >= 15 is 0 Å². The fraction of sp³-hybridized carbons (Fsp3) is 0.529. The molecule has 1 aromatic carbocycles. The number of H-pyrrole nitrogens is 1. The first kappa shape index (κ1) is 14.9. The van der Waals surface area contributed by atoms with Crippen molar-refractivity contribution in [3.8, 4) is 0 Å². The fourth-order valence-corrected chi connectivity index (χ4v) is 3.23. The lowest BCUT2D eigenvalue weighted by Crippen LogP contribution is -2.24. The molecule has 0 bridgehead atoms. The van der Waals surface area contributed by atoms with Crippen molar-refractivity contribution in [1.29, 1.82) is 0 Å². The zero-order chi connectivity index (χ0) is 14.5. The SMILES string of the molecule is Clc1ccc2c(CNCCOC3CCCCC3)c[nH]c2c1. The van der Waals surface area contributed by atoms with Gasteiger partial charge in [0.05, 0.1) is 12.7 Å². The van der Waals surface area contributed by atoms with Crippen molar-refractivity contribution >= 4 is 22.5 Å². The Morgan fingerprint density at radius 3 is 2.95 bits per heavy atom. The van der Waals surface area contributed by atoms with Gasteiger partial charge in [0.2, 0.25) is 0 Å². The molecule has 21 heavy (non-hydrogen) atoms. The lowest BCUT2D eigenvalue weighted by Gasteiger charge is -2.22. The van der Waals surface area contributed by atoms with Gasteiger partial charge in [-0.25, -0.2) is 0 Å². The van der Waals surface area contributed by atoms with Gasteiger partial charge in [-0.15, -0.1) is 0 Å². The van der Waals surface area contributed by atoms with Gasteiger partial charge in [0.15, 0.2) is 0 Å². The number of fused-ring (bicyclic) bond motifs is 1. The van der Waals surface area contributed by atoms with Crippen molar-refractivity contribution in [2.24, 2.45) is 0 Å². The molecule has 0 unspecified atom stereocenters. The normalized spacial score (nSPS) is 16.6. The monoisotopic (exact) mass is 306 g/mol. The lowest BCUT2D eigenvalue weighted by molar-refractivity contribution is 0.0302. The summed E-state index contributed by atoms with van der Waals surface area (Å²) < 4.78 is 5.92. The zero-order valence-corrected chi connectivity index (χ0v) is 13.1. The summed E-state index contributed by atoms with van der Waals surface area (Å²) in [4.78, 5) is 3.27. The molecule has 0 aliphatic heterocycles. The van der Waals surface area contributed by atoms with Crippen LogP contribution in [0, 0.1) is 0 Å². The van der Waals surface area contributed by atoms with E-state index < -0.39 is 0 Å². The molecule has 0 amide bonds. The van der Waals surface area contributed by atoms with E-state index in [9.17, 15) is 0 Å². The summed E-state index contributed by atoms with van der Waals surface area (Å²) in [6.07, 6.45) is 9.06. The van der Waals surface area contributed by atoms with Crippen LogP contribution in [0.2, 0.25) is 5.02 Å². The second kappa shape index (κ2) is 7.30. The minimum atomic E-state index is 0.496. The van der Waals surface area contributed by atoms with Gasteiger partial charge in [-0.2, -0.15) is 0 Å². The van der Waals surface area contributed by atoms with Gasteiger partial charge in [-0.3, -0.25) is 0 Å². The predicted molar refractivity (Wildman–Crippen MR) is 87.8 cm³/mol. The Hall–Kier alpha value is -1.03. The Morgan fingerprint density at radius 2 is 2.10 bits per heavy atom. The molecule has 1 aromatic heterocycles. The third-order valence-corrected chi connectivity index (χ3v) is 4.46. The molecule has 3 nitrogen and oxygen atoms in total. The molecule has 0 spiro atoms. The van der Waals surface area contributed by atoms with Crippen LogP contribution in [0.15, 0.2) is 24.4 Å². The summed E-state index contributed by atoms with van der Waals surface area (Å²) >= 11 is 6.00. The lowest BCUT2D eigenvalue weighted by atomic mass is 9.98. The Morgan fingerprint density at radius 1 is 1.24 bits per heavy atom. The van der Waals surface area contributed by atoms with Crippen molar-refractivity contribution < 1.29 is 4.74 Å². The molecule has 1 fully saturated rings. The quantitative estimate of drug-likeness (QED) is 0.782. The maximum absolute atomic E-state index is 6.00. The van der Waals surface area contributed by atoms with Crippen LogP contribution in [0.5, 0.6) is 0 Å². The van der Waals surface area contributed by atoms with Crippen LogP contribution in [0.25, 0.3) is 10.9 Å². The van der Waals surface area contributed by atoms with Crippen LogP contribution < -0.4 is 5.32 Å². The molecule has 1 aliphatic rings. The summed E-state index contributed by atoms with van der Waals surface area (Å²) in [6, 6.07) is 5.98. The first-order chi connectivity index (χ1) is 10.3. The number of aromatic nitrogens is 1. The molecule has 4 heteroatoms. The Bertz CT molecular complexity index is 575. The van der Waals surface area contributed by atoms with Crippen molar-refractivity contribution in [1.82, 2.24) is 10.3 Å². The second-order valence-electron chi connectivity index (χ2n) is 5.81. The van der Waals surface area contributed by atoms with Gasteiger partial charge in [0.1, 0.15) is 0 Å². The number of nitrogens with one attached hydrogen (secondary N) is 2. The minimum absolute atomic E-state index is 0.496. The second-order valence-corrected chi connectivity index (χ2v) is 6.25. The molecule has 2 aromatic rings. The number of benzene rings is 1. The third kappa shape index (κ3) is 4.00. The van der Waals surface area contributed by atoms with E-state index in [1.807, 2.05) is 12.1 Å². The van der Waals surface area contributed by atoms with Gasteiger partial charge in [0.25, 0.3) is 0 Å². The average Bonchev–Trinajstić information content (AvgIpc) is 2.90. The number of hydrogen-bond acceptors (Lipinski definition) is 2. The molecule has 0 saturated heterocycles. The largest absolute Gasteiger partial charge is 0.377 e. The number of halogens is 1. The Labute approximate surface area is 131 Å². The van der Waals surface area contributed by atoms with Gasteiger partial charge < -0.3 is 15.0 Å². The van der Waals surface area contributed by atoms with E-state index in [4.69, 9.17) is 16.3 Å². The van der Waals surface area contributed by atoms with E-state index in [-0.39, 0.29) is 0 Å². The van der Waals surface area contributed by atoms with E-state index in [0.717, 1.165) is 30.2 Å². The summed E-state index contributed by atoms with van der Waals surface area (Å²) in [5, 5.41) is 5.46. The van der Waals surface area contributed by atoms with E-state index in [1.165, 1.54) is 43.1 Å². The third-order valence-electron chi connectivity index (χ3n) is 4.23. The highest BCUT2D eigenvalue weighted by Crippen LogP contribution is 2.22. The summed E-state index contributed by atoms with van der Waals surface area (Å²) in [6.45, 7) is 2.56. The number of aromatic amines is 1. The van der Waals surface area contributed by atoms with Crippen LogP contribution in [0.3, 0.4) is 0 Å². The Kier molecular flexibility index (Phi) is 5.17. The molecular weight excluding hydrogens is 284 g/mol. The molecule has 0 radical (unpaired) electrons. The smallest absolute Gasteiger partial charge is 0.0594 e. The zero-order valence-electron chi connectivity index (χ0n) is 12.3. The Balaban J connectivity index is 1.42. The summed E-state index contributed by atoms with van der Waals surface area (Å²) in [5.74, 6) is 0. The summed E-state index contributed by atoms with van der Waals surface area (Å²) in [7, 11) is 0. The highest BCUT2D eigenvalue weighted by Gasteiger charge is 2.13. The highest BCUT2D eigenvalue weighted by molar-refractivity contribution is 6.31. The molecule has 1 heterocycles. The molecule has 3 rings (SSSR count). The van der Waals surface area contributed by atoms with Crippen LogP contribution in [0.1, 0.15) is 37.7 Å². The van der Waals surface area contributed by atoms with Gasteiger partial charge in [0, 0.05) is 35.2 Å². The molecule has 2 N–H and O–H groups in total. The van der Waals surface area contributed by atoms with Crippen LogP contribution in [0.4, 0.5) is 0 Å². The van der Waals surface area contributed by atoms with E-state index in [2.05, 4.69) is 22.6 Å². The van der Waals surface area contributed by atoms with Crippen LogP contribution in [-0.4, -0.2) is 24.2 Å². The average molecular weight is 307 g/mol. The maximum Gasteiger partial charge on any atom is 0.0594 e. The molecule has 1 aliphatic carbocycles. The standard InChI is InChI=1S/C17H23ClN2O/c18-14-6-7-16-13(12-20-17(16)10-14)11-19-8-9-21-15-4-2-1-3-5-15/h6-7,10,12,15,19-20H,1-5,8-9,11H2. The van der Waals surface area contributed by atoms with Crippen molar-refractivity contribution in [2.45, 2.75) is 44.8 Å². The molecule has 0 atom stereocenters. The molecular formula is C17H23ClN2O. The fourth-order valence-electron chi connectivity index (χ4n) is 3.06. The minimum Gasteiger partial charge on any atom is -0.377 e. The van der Waals surface area contributed by atoms with E-state index in [1.54, 1.807) is 0 Å². The maximum atomic E-state index is 6.00. The number of ether oxygens (including phenoxy) is 1. The van der Waals surface area contributed by atoms with Gasteiger partial charge in [-0.1, -0.05) is 36.9 Å². The molecule has 1 saturated carbocycles. The van der Waals surface area contributed by atoms with Crippen LogP contribution in [-0.2, 0) is 11.3 Å². The highest BCUT2D eigenvalue weighted by atomic mass is 35.5. The topological polar surface area (TPSA) is 37.0 Å². The van der Waals surface area contributed by atoms with Gasteiger partial charge >= 0.3 is 0 Å². The number of rotatable bonds is 6. The predicted octanol–water partition coefficient (Wildman–Crippen LogP) is 4.26.